The van der Waals surface area contributed by atoms with Crippen molar-refractivity contribution in [3.05, 3.63) is 35.4 Å². The summed E-state index contributed by atoms with van der Waals surface area (Å²) in [5.74, 6) is 0.766. The fourth-order valence-corrected chi connectivity index (χ4v) is 2.87. The Balaban J connectivity index is 1.73. The monoisotopic (exact) mass is 277 g/mol. The summed E-state index contributed by atoms with van der Waals surface area (Å²) in [4.78, 5) is 0. The van der Waals surface area contributed by atoms with Gasteiger partial charge < -0.3 is 15.2 Å². The molecular formula is C17H27NO2. The maximum Gasteiger partial charge on any atom is 0.0914 e. The molecule has 3 nitrogen and oxygen atoms in total. The van der Waals surface area contributed by atoms with Crippen molar-refractivity contribution in [2.45, 2.75) is 45.3 Å². The molecule has 3 heteroatoms. The molecule has 0 aromatic heterocycles. The van der Waals surface area contributed by atoms with Gasteiger partial charge in [-0.3, -0.25) is 0 Å². The van der Waals surface area contributed by atoms with Gasteiger partial charge in [0.05, 0.1) is 6.10 Å². The molecule has 1 aliphatic rings. The van der Waals surface area contributed by atoms with Gasteiger partial charge in [0.2, 0.25) is 0 Å². The summed E-state index contributed by atoms with van der Waals surface area (Å²) < 4.78 is 5.39. The molecule has 0 bridgehead atoms. The molecule has 0 amide bonds. The SMILES string of the molecule is Cc1cccc([C@H](O)CN[C@H](C)CC2CCOCC2)c1. The van der Waals surface area contributed by atoms with Crippen LogP contribution in [0.2, 0.25) is 0 Å². The van der Waals surface area contributed by atoms with E-state index in [1.54, 1.807) is 0 Å². The van der Waals surface area contributed by atoms with Crippen LogP contribution >= 0.6 is 0 Å². The molecule has 1 aliphatic heterocycles. The second kappa shape index (κ2) is 7.77. The lowest BCUT2D eigenvalue weighted by atomic mass is 9.93. The van der Waals surface area contributed by atoms with Crippen molar-refractivity contribution < 1.29 is 9.84 Å². The Labute approximate surface area is 122 Å². The molecule has 1 fully saturated rings. The van der Waals surface area contributed by atoms with E-state index in [9.17, 15) is 5.11 Å². The third-order valence-electron chi connectivity index (χ3n) is 4.11. The third-order valence-corrected chi connectivity index (χ3v) is 4.11. The van der Waals surface area contributed by atoms with Gasteiger partial charge in [-0.2, -0.15) is 0 Å². The summed E-state index contributed by atoms with van der Waals surface area (Å²) in [5.41, 5.74) is 2.19. The summed E-state index contributed by atoms with van der Waals surface area (Å²) in [6.07, 6.45) is 3.09. The lowest BCUT2D eigenvalue weighted by molar-refractivity contribution is 0.0604. The van der Waals surface area contributed by atoms with Gasteiger partial charge in [-0.25, -0.2) is 0 Å². The van der Waals surface area contributed by atoms with Crippen LogP contribution in [0.3, 0.4) is 0 Å². The smallest absolute Gasteiger partial charge is 0.0914 e. The molecule has 0 aliphatic carbocycles. The number of hydrogen-bond donors (Lipinski definition) is 2. The van der Waals surface area contributed by atoms with Crippen molar-refractivity contribution in [1.82, 2.24) is 5.32 Å². The van der Waals surface area contributed by atoms with Crippen LogP contribution in [0.15, 0.2) is 24.3 Å². The van der Waals surface area contributed by atoms with Crippen molar-refractivity contribution in [2.75, 3.05) is 19.8 Å². The highest BCUT2D eigenvalue weighted by Crippen LogP contribution is 2.20. The number of nitrogens with one attached hydrogen (secondary N) is 1. The highest BCUT2D eigenvalue weighted by molar-refractivity contribution is 5.24. The molecule has 2 rings (SSSR count). The fourth-order valence-electron chi connectivity index (χ4n) is 2.87. The molecular weight excluding hydrogens is 250 g/mol. The van der Waals surface area contributed by atoms with E-state index in [0.717, 1.165) is 24.7 Å². The first-order chi connectivity index (χ1) is 9.65. The predicted octanol–water partition coefficient (Wildman–Crippen LogP) is 2.82. The molecule has 112 valence electrons. The second-order valence-corrected chi connectivity index (χ2v) is 6.03. The Morgan fingerprint density at radius 3 is 2.80 bits per heavy atom. The lowest BCUT2D eigenvalue weighted by Crippen LogP contribution is -2.33. The van der Waals surface area contributed by atoms with E-state index in [-0.39, 0.29) is 0 Å². The minimum atomic E-state index is -0.424. The van der Waals surface area contributed by atoms with Crippen molar-refractivity contribution in [3.63, 3.8) is 0 Å². The van der Waals surface area contributed by atoms with Crippen LogP contribution in [0.25, 0.3) is 0 Å². The topological polar surface area (TPSA) is 41.5 Å². The summed E-state index contributed by atoms with van der Waals surface area (Å²) in [6.45, 7) is 6.69. The van der Waals surface area contributed by atoms with Crippen LogP contribution in [0.1, 0.15) is 43.4 Å². The molecule has 1 aromatic rings. The average molecular weight is 277 g/mol. The van der Waals surface area contributed by atoms with Gasteiger partial charge in [-0.1, -0.05) is 29.8 Å². The number of ether oxygens (including phenoxy) is 1. The number of benzene rings is 1. The van der Waals surface area contributed by atoms with E-state index < -0.39 is 6.10 Å². The maximum absolute atomic E-state index is 10.2. The average Bonchev–Trinajstić information content (AvgIpc) is 2.46. The lowest BCUT2D eigenvalue weighted by Gasteiger charge is -2.26. The molecule has 0 spiro atoms. The quantitative estimate of drug-likeness (QED) is 0.840. The van der Waals surface area contributed by atoms with Crippen LogP contribution in [0.5, 0.6) is 0 Å². The number of aliphatic hydroxyl groups excluding tert-OH is 1. The van der Waals surface area contributed by atoms with Crippen molar-refractivity contribution in [1.29, 1.82) is 0 Å². The first kappa shape index (κ1) is 15.5. The zero-order valence-electron chi connectivity index (χ0n) is 12.6. The largest absolute Gasteiger partial charge is 0.387 e. The second-order valence-electron chi connectivity index (χ2n) is 6.03. The normalized spacial score (nSPS) is 19.8. The van der Waals surface area contributed by atoms with Crippen molar-refractivity contribution in [3.8, 4) is 0 Å². The highest BCUT2D eigenvalue weighted by Gasteiger charge is 2.17. The highest BCUT2D eigenvalue weighted by atomic mass is 16.5. The summed E-state index contributed by atoms with van der Waals surface area (Å²) in [7, 11) is 0. The van der Waals surface area contributed by atoms with Gasteiger partial charge in [0.15, 0.2) is 0 Å². The Bertz CT molecular complexity index is 402. The molecule has 0 unspecified atom stereocenters. The third kappa shape index (κ3) is 4.89. The predicted molar refractivity (Wildman–Crippen MR) is 81.8 cm³/mol. The first-order valence-electron chi connectivity index (χ1n) is 7.71. The van der Waals surface area contributed by atoms with E-state index in [4.69, 9.17) is 4.74 Å². The minimum Gasteiger partial charge on any atom is -0.387 e. The molecule has 20 heavy (non-hydrogen) atoms. The number of hydrogen-bond acceptors (Lipinski definition) is 3. The van der Waals surface area contributed by atoms with E-state index in [1.165, 1.54) is 24.8 Å². The van der Waals surface area contributed by atoms with Crippen LogP contribution in [-0.4, -0.2) is 30.9 Å². The Morgan fingerprint density at radius 2 is 2.10 bits per heavy atom. The zero-order valence-corrected chi connectivity index (χ0v) is 12.6. The van der Waals surface area contributed by atoms with Crippen LogP contribution in [-0.2, 0) is 4.74 Å². The van der Waals surface area contributed by atoms with Crippen LogP contribution < -0.4 is 5.32 Å². The van der Waals surface area contributed by atoms with Gasteiger partial charge in [0.1, 0.15) is 0 Å². The molecule has 2 atom stereocenters. The van der Waals surface area contributed by atoms with E-state index in [1.807, 2.05) is 12.1 Å². The van der Waals surface area contributed by atoms with Gasteiger partial charge in [-0.15, -0.1) is 0 Å². The number of aliphatic hydroxyl groups is 1. The van der Waals surface area contributed by atoms with Crippen LogP contribution in [0.4, 0.5) is 0 Å². The molecule has 1 aromatic carbocycles. The van der Waals surface area contributed by atoms with E-state index in [0.29, 0.717) is 12.6 Å². The molecule has 0 saturated carbocycles. The summed E-state index contributed by atoms with van der Waals surface area (Å²) in [6, 6.07) is 8.53. The summed E-state index contributed by atoms with van der Waals surface area (Å²) >= 11 is 0. The van der Waals surface area contributed by atoms with Crippen molar-refractivity contribution >= 4 is 0 Å². The van der Waals surface area contributed by atoms with E-state index in [2.05, 4.69) is 31.3 Å². The van der Waals surface area contributed by atoms with Gasteiger partial charge in [0.25, 0.3) is 0 Å². The Hall–Kier alpha value is -0.900. The van der Waals surface area contributed by atoms with Gasteiger partial charge >= 0.3 is 0 Å². The number of rotatable bonds is 6. The summed E-state index contributed by atoms with van der Waals surface area (Å²) in [5, 5.41) is 13.7. The van der Waals surface area contributed by atoms with Gasteiger partial charge in [0, 0.05) is 25.8 Å². The van der Waals surface area contributed by atoms with E-state index >= 15 is 0 Å². The van der Waals surface area contributed by atoms with Crippen molar-refractivity contribution in [2.24, 2.45) is 5.92 Å². The zero-order chi connectivity index (χ0) is 14.4. The maximum atomic E-state index is 10.2. The van der Waals surface area contributed by atoms with Gasteiger partial charge in [-0.05, 0) is 44.6 Å². The Kier molecular flexibility index (Phi) is 6.02. The fraction of sp³-hybridized carbons (Fsp3) is 0.647. The standard InChI is InChI=1S/C17H27NO2/c1-13-4-3-5-16(10-13)17(19)12-18-14(2)11-15-6-8-20-9-7-15/h3-5,10,14-15,17-19H,6-9,11-12H2,1-2H3/t14-,17-/m1/s1. The molecule has 1 heterocycles. The number of aryl methyl sites for hydroxylation is 1. The molecule has 1 saturated heterocycles. The molecule has 0 radical (unpaired) electrons. The first-order valence-corrected chi connectivity index (χ1v) is 7.71. The Morgan fingerprint density at radius 1 is 1.35 bits per heavy atom. The minimum absolute atomic E-state index is 0.424. The van der Waals surface area contributed by atoms with Crippen LogP contribution in [0, 0.1) is 12.8 Å². The molecule has 2 N–H and O–H groups in total.